The van der Waals surface area contributed by atoms with Crippen molar-refractivity contribution in [3.05, 3.63) is 81.9 Å². The second-order valence-electron chi connectivity index (χ2n) is 9.26. The first-order valence-corrected chi connectivity index (χ1v) is 12.0. The number of hydrogen-bond acceptors (Lipinski definition) is 5. The number of rotatable bonds is 6. The molecule has 1 fully saturated rings. The molecule has 1 N–H and O–H groups in total. The number of carbonyl (C=O) groups excluding carboxylic acids is 1. The maximum atomic E-state index is 12.8. The third-order valence-corrected chi connectivity index (χ3v) is 7.11. The molecule has 0 bridgehead atoms. The van der Waals surface area contributed by atoms with E-state index in [0.717, 1.165) is 38.4 Å². The highest BCUT2D eigenvalue weighted by Gasteiger charge is 2.26. The van der Waals surface area contributed by atoms with Crippen LogP contribution in [0.1, 0.15) is 46.6 Å². The number of nitrogens with zero attached hydrogens (tertiary/aromatic N) is 3. The Morgan fingerprint density at radius 2 is 1.69 bits per heavy atom. The third-order valence-electron chi connectivity index (χ3n) is 6.36. The van der Waals surface area contributed by atoms with Crippen molar-refractivity contribution in [3.63, 3.8) is 0 Å². The van der Waals surface area contributed by atoms with Crippen LogP contribution in [0.2, 0.25) is 0 Å². The average Bonchev–Trinajstić information content (AvgIpc) is 3.25. The molecule has 5 nitrogen and oxygen atoms in total. The van der Waals surface area contributed by atoms with Crippen molar-refractivity contribution in [3.8, 4) is 0 Å². The van der Waals surface area contributed by atoms with Crippen molar-refractivity contribution in [1.82, 2.24) is 14.8 Å². The number of hydrogen-bond donors (Lipinski definition) is 1. The highest BCUT2D eigenvalue weighted by molar-refractivity contribution is 7.14. The quantitative estimate of drug-likeness (QED) is 0.590. The zero-order valence-electron chi connectivity index (χ0n) is 19.4. The smallest absolute Gasteiger partial charge is 0.257 e. The topological polar surface area (TPSA) is 48.5 Å². The normalized spacial score (nSPS) is 15.6. The molecule has 1 aliphatic rings. The maximum absolute atomic E-state index is 12.8. The maximum Gasteiger partial charge on any atom is 0.257 e. The highest BCUT2D eigenvalue weighted by Crippen LogP contribution is 2.33. The molecule has 0 saturated carbocycles. The van der Waals surface area contributed by atoms with E-state index in [9.17, 15) is 4.79 Å². The van der Waals surface area contributed by atoms with Gasteiger partial charge in [0.15, 0.2) is 5.13 Å². The molecule has 4 rings (SSSR count). The fourth-order valence-corrected chi connectivity index (χ4v) is 4.80. The van der Waals surface area contributed by atoms with Gasteiger partial charge >= 0.3 is 0 Å². The molecule has 3 aromatic rings. The molecule has 2 heterocycles. The number of carbonyl (C=O) groups is 1. The molecule has 0 unspecified atom stereocenters. The zero-order chi connectivity index (χ0) is 22.7. The molecule has 1 aliphatic heterocycles. The van der Waals surface area contributed by atoms with Gasteiger partial charge in [0.25, 0.3) is 5.91 Å². The lowest BCUT2D eigenvalue weighted by Crippen LogP contribution is -2.43. The summed E-state index contributed by atoms with van der Waals surface area (Å²) < 4.78 is 0. The first-order valence-electron chi connectivity index (χ1n) is 11.2. The summed E-state index contributed by atoms with van der Waals surface area (Å²) in [6.07, 6.45) is 0. The van der Waals surface area contributed by atoms with Crippen LogP contribution in [0.5, 0.6) is 0 Å². The molecule has 32 heavy (non-hydrogen) atoms. The van der Waals surface area contributed by atoms with Crippen LogP contribution in [0.4, 0.5) is 5.13 Å². The predicted molar refractivity (Wildman–Crippen MR) is 133 cm³/mol. The van der Waals surface area contributed by atoms with Gasteiger partial charge < -0.3 is 4.90 Å². The van der Waals surface area contributed by atoms with Gasteiger partial charge in [0.1, 0.15) is 0 Å². The van der Waals surface area contributed by atoms with Crippen LogP contribution in [-0.2, 0) is 12.0 Å². The minimum absolute atomic E-state index is 0.120. The van der Waals surface area contributed by atoms with E-state index in [0.29, 0.717) is 10.7 Å². The summed E-state index contributed by atoms with van der Waals surface area (Å²) in [5, 5.41) is 5.64. The Labute approximate surface area is 195 Å². The monoisotopic (exact) mass is 448 g/mol. The Morgan fingerprint density at radius 3 is 2.34 bits per heavy atom. The van der Waals surface area contributed by atoms with Crippen LogP contribution in [0.25, 0.3) is 0 Å². The standard InChI is InChI=1S/C26H32N4OS/c1-19-5-11-22(12-6-19)26(2,3)23-18-32-25(27-23)28-24(31)21-9-7-20(8-10-21)17-30-15-13-29(4)14-16-30/h5-12,18H,13-17H2,1-4H3,(H,27,28,31). The van der Waals surface area contributed by atoms with Crippen LogP contribution < -0.4 is 5.32 Å². The summed E-state index contributed by atoms with van der Waals surface area (Å²) in [7, 11) is 2.17. The first kappa shape index (κ1) is 22.6. The fraction of sp³-hybridized carbons (Fsp3) is 0.385. The number of nitrogens with one attached hydrogen (secondary N) is 1. The Hall–Kier alpha value is -2.54. The van der Waals surface area contributed by atoms with E-state index in [4.69, 9.17) is 4.98 Å². The Bertz CT molecular complexity index is 1050. The molecule has 2 aromatic carbocycles. The van der Waals surface area contributed by atoms with Crippen LogP contribution in [0.15, 0.2) is 53.9 Å². The van der Waals surface area contributed by atoms with E-state index in [1.54, 1.807) is 0 Å². The van der Waals surface area contributed by atoms with Crippen molar-refractivity contribution >= 4 is 22.4 Å². The van der Waals surface area contributed by atoms with Crippen LogP contribution in [-0.4, -0.2) is 53.9 Å². The van der Waals surface area contributed by atoms with Crippen molar-refractivity contribution in [2.24, 2.45) is 0 Å². The van der Waals surface area contributed by atoms with Gasteiger partial charge in [-0.05, 0) is 37.2 Å². The average molecular weight is 449 g/mol. The Kier molecular flexibility index (Phi) is 6.74. The summed E-state index contributed by atoms with van der Waals surface area (Å²) >= 11 is 1.47. The van der Waals surface area contributed by atoms with E-state index in [1.165, 1.54) is 28.0 Å². The molecule has 6 heteroatoms. The van der Waals surface area contributed by atoms with Crippen LogP contribution in [0, 0.1) is 6.92 Å². The van der Waals surface area contributed by atoms with Gasteiger partial charge in [0.05, 0.1) is 5.69 Å². The van der Waals surface area contributed by atoms with Gasteiger partial charge in [-0.2, -0.15) is 0 Å². The van der Waals surface area contributed by atoms with E-state index in [-0.39, 0.29) is 11.3 Å². The lowest BCUT2D eigenvalue weighted by Gasteiger charge is -2.32. The number of aryl methyl sites for hydroxylation is 1. The van der Waals surface area contributed by atoms with Gasteiger partial charge in [-0.25, -0.2) is 4.98 Å². The van der Waals surface area contributed by atoms with Crippen molar-refractivity contribution in [1.29, 1.82) is 0 Å². The fourth-order valence-electron chi connectivity index (χ4n) is 3.93. The molecule has 1 amide bonds. The van der Waals surface area contributed by atoms with Crippen molar-refractivity contribution in [2.75, 3.05) is 38.5 Å². The van der Waals surface area contributed by atoms with Gasteiger partial charge in [-0.1, -0.05) is 55.8 Å². The SMILES string of the molecule is Cc1ccc(C(C)(C)c2csc(NC(=O)c3ccc(CN4CCN(C)CC4)cc3)n2)cc1. The first-order chi connectivity index (χ1) is 15.3. The van der Waals surface area contributed by atoms with E-state index < -0.39 is 0 Å². The lowest BCUT2D eigenvalue weighted by molar-refractivity contribution is 0.102. The molecule has 0 spiro atoms. The number of thiazole rings is 1. The number of likely N-dealkylation sites (N-methyl/N-ethyl adjacent to an activating group) is 1. The largest absolute Gasteiger partial charge is 0.304 e. The molecule has 0 atom stereocenters. The van der Waals surface area contributed by atoms with E-state index in [2.05, 4.69) is 79.3 Å². The minimum atomic E-state index is -0.224. The highest BCUT2D eigenvalue weighted by atomic mass is 32.1. The summed E-state index contributed by atoms with van der Waals surface area (Å²) in [4.78, 5) is 22.3. The van der Waals surface area contributed by atoms with Crippen LogP contribution >= 0.6 is 11.3 Å². The Balaban J connectivity index is 1.38. The minimum Gasteiger partial charge on any atom is -0.304 e. The summed E-state index contributed by atoms with van der Waals surface area (Å²) in [5.41, 5.74) is 5.08. The Morgan fingerprint density at radius 1 is 1.03 bits per heavy atom. The molecule has 0 aliphatic carbocycles. The van der Waals surface area contributed by atoms with Crippen molar-refractivity contribution in [2.45, 2.75) is 32.7 Å². The molecule has 1 aromatic heterocycles. The summed E-state index contributed by atoms with van der Waals surface area (Å²) in [6.45, 7) is 11.7. The summed E-state index contributed by atoms with van der Waals surface area (Å²) in [5.74, 6) is -0.120. The third kappa shape index (κ3) is 5.26. The number of piperazine rings is 1. The molecule has 168 valence electrons. The van der Waals surface area contributed by atoms with Gasteiger partial charge in [0, 0.05) is 49.1 Å². The number of aromatic nitrogens is 1. The molecule has 1 saturated heterocycles. The molecule has 0 radical (unpaired) electrons. The second-order valence-corrected chi connectivity index (χ2v) is 10.1. The predicted octanol–water partition coefficient (Wildman–Crippen LogP) is 4.78. The number of amides is 1. The van der Waals surface area contributed by atoms with Gasteiger partial charge in [-0.15, -0.1) is 11.3 Å². The lowest BCUT2D eigenvalue weighted by atomic mass is 9.82. The number of anilines is 1. The van der Waals surface area contributed by atoms with Gasteiger partial charge in [-0.3, -0.25) is 15.0 Å². The van der Waals surface area contributed by atoms with Gasteiger partial charge in [0.2, 0.25) is 0 Å². The molecular formula is C26H32N4OS. The van der Waals surface area contributed by atoms with E-state index >= 15 is 0 Å². The number of benzene rings is 2. The second kappa shape index (κ2) is 9.53. The van der Waals surface area contributed by atoms with Crippen LogP contribution in [0.3, 0.4) is 0 Å². The van der Waals surface area contributed by atoms with Crippen molar-refractivity contribution < 1.29 is 4.79 Å². The zero-order valence-corrected chi connectivity index (χ0v) is 20.2. The summed E-state index contributed by atoms with van der Waals surface area (Å²) in [6, 6.07) is 16.5. The van der Waals surface area contributed by atoms with E-state index in [1.807, 2.05) is 17.5 Å². The molecular weight excluding hydrogens is 416 g/mol.